The quantitative estimate of drug-likeness (QED) is 0.458. The molecule has 0 atom stereocenters. The van der Waals surface area contributed by atoms with Crippen molar-refractivity contribution in [2.45, 2.75) is 6.42 Å². The van der Waals surface area contributed by atoms with Crippen LogP contribution in [0, 0.1) is 0 Å². The highest BCUT2D eigenvalue weighted by molar-refractivity contribution is 5.76. The standard InChI is InChI=1S/C16H15N3O/c1-2-19(16-8-6-14(13-20)7-9-16)18-12-10-15-5-3-4-11-17-15/h2-9,11-13H,1,10H2/b18-12-. The first-order valence-corrected chi connectivity index (χ1v) is 6.23. The number of nitrogens with zero attached hydrogens (tertiary/aromatic N) is 3. The lowest BCUT2D eigenvalue weighted by Crippen LogP contribution is -2.07. The summed E-state index contributed by atoms with van der Waals surface area (Å²) in [6, 6.07) is 12.9. The molecule has 0 aliphatic heterocycles. The van der Waals surface area contributed by atoms with Crippen LogP contribution in [0.25, 0.3) is 0 Å². The van der Waals surface area contributed by atoms with Crippen molar-refractivity contribution >= 4 is 18.2 Å². The topological polar surface area (TPSA) is 45.6 Å². The Morgan fingerprint density at radius 2 is 2.00 bits per heavy atom. The van der Waals surface area contributed by atoms with Crippen LogP contribution >= 0.6 is 0 Å². The highest BCUT2D eigenvalue weighted by atomic mass is 16.1. The van der Waals surface area contributed by atoms with Crippen LogP contribution in [0.2, 0.25) is 0 Å². The second-order valence-electron chi connectivity index (χ2n) is 4.06. The molecule has 100 valence electrons. The number of anilines is 1. The number of aromatic nitrogens is 1. The summed E-state index contributed by atoms with van der Waals surface area (Å²) in [5.74, 6) is 0. The molecule has 1 aromatic heterocycles. The zero-order valence-corrected chi connectivity index (χ0v) is 11.0. The molecule has 0 N–H and O–H groups in total. The minimum atomic E-state index is 0.634. The van der Waals surface area contributed by atoms with Gasteiger partial charge in [0.2, 0.25) is 0 Å². The number of carbonyl (C=O) groups is 1. The number of pyridine rings is 1. The maximum absolute atomic E-state index is 10.6. The van der Waals surface area contributed by atoms with Gasteiger partial charge in [-0.1, -0.05) is 12.6 Å². The van der Waals surface area contributed by atoms with E-state index in [1.165, 1.54) is 0 Å². The fourth-order valence-electron chi connectivity index (χ4n) is 1.67. The number of hydrogen-bond acceptors (Lipinski definition) is 4. The first kappa shape index (κ1) is 13.7. The van der Waals surface area contributed by atoms with E-state index in [9.17, 15) is 4.79 Å². The van der Waals surface area contributed by atoms with Gasteiger partial charge in [0.15, 0.2) is 0 Å². The van der Waals surface area contributed by atoms with Crippen molar-refractivity contribution in [2.24, 2.45) is 5.10 Å². The Hall–Kier alpha value is -2.75. The van der Waals surface area contributed by atoms with E-state index in [1.807, 2.05) is 30.3 Å². The van der Waals surface area contributed by atoms with Crippen LogP contribution in [-0.4, -0.2) is 17.5 Å². The molecule has 0 spiro atoms. The van der Waals surface area contributed by atoms with Crippen molar-refractivity contribution in [3.63, 3.8) is 0 Å². The lowest BCUT2D eigenvalue weighted by molar-refractivity contribution is 0.112. The fraction of sp³-hybridized carbons (Fsp3) is 0.0625. The Morgan fingerprint density at radius 1 is 1.20 bits per heavy atom. The average molecular weight is 265 g/mol. The van der Waals surface area contributed by atoms with Crippen LogP contribution in [-0.2, 0) is 6.42 Å². The molecule has 2 aromatic rings. The van der Waals surface area contributed by atoms with Gasteiger partial charge in [-0.3, -0.25) is 9.78 Å². The molecule has 0 aliphatic rings. The normalized spacial score (nSPS) is 10.4. The van der Waals surface area contributed by atoms with E-state index in [2.05, 4.69) is 16.7 Å². The lowest BCUT2D eigenvalue weighted by Gasteiger charge is -2.13. The highest BCUT2D eigenvalue weighted by Gasteiger charge is 2.00. The Morgan fingerprint density at radius 3 is 2.60 bits per heavy atom. The Bertz CT molecular complexity index is 591. The largest absolute Gasteiger partial charge is 0.298 e. The third kappa shape index (κ3) is 3.62. The van der Waals surface area contributed by atoms with E-state index in [1.54, 1.807) is 35.8 Å². The molecule has 0 fully saturated rings. The second kappa shape index (κ2) is 6.99. The molecule has 4 heteroatoms. The summed E-state index contributed by atoms with van der Waals surface area (Å²) in [5, 5.41) is 5.98. The molecule has 0 radical (unpaired) electrons. The zero-order valence-electron chi connectivity index (χ0n) is 11.0. The van der Waals surface area contributed by atoms with E-state index in [0.717, 1.165) is 17.7 Å². The summed E-state index contributed by atoms with van der Waals surface area (Å²) >= 11 is 0. The number of rotatable bonds is 6. The van der Waals surface area contributed by atoms with Crippen molar-refractivity contribution in [3.05, 3.63) is 72.7 Å². The molecular weight excluding hydrogens is 250 g/mol. The summed E-state index contributed by atoms with van der Waals surface area (Å²) in [6.45, 7) is 3.73. The van der Waals surface area contributed by atoms with Crippen LogP contribution in [0.5, 0.6) is 0 Å². The summed E-state index contributed by atoms with van der Waals surface area (Å²) in [6.07, 6.45) is 6.61. The average Bonchev–Trinajstić information content (AvgIpc) is 2.53. The number of benzene rings is 1. The molecule has 0 aliphatic carbocycles. The predicted molar refractivity (Wildman–Crippen MR) is 80.9 cm³/mol. The van der Waals surface area contributed by atoms with E-state index in [4.69, 9.17) is 0 Å². The van der Waals surface area contributed by atoms with E-state index in [-0.39, 0.29) is 0 Å². The maximum Gasteiger partial charge on any atom is 0.150 e. The van der Waals surface area contributed by atoms with Crippen molar-refractivity contribution in [1.29, 1.82) is 0 Å². The minimum Gasteiger partial charge on any atom is -0.298 e. The highest BCUT2D eigenvalue weighted by Crippen LogP contribution is 2.15. The summed E-state index contributed by atoms with van der Waals surface area (Å²) < 4.78 is 0. The van der Waals surface area contributed by atoms with Gasteiger partial charge in [0.05, 0.1) is 5.69 Å². The second-order valence-corrected chi connectivity index (χ2v) is 4.06. The smallest absolute Gasteiger partial charge is 0.150 e. The van der Waals surface area contributed by atoms with E-state index in [0.29, 0.717) is 12.0 Å². The monoisotopic (exact) mass is 265 g/mol. The van der Waals surface area contributed by atoms with E-state index >= 15 is 0 Å². The van der Waals surface area contributed by atoms with Crippen molar-refractivity contribution in [1.82, 2.24) is 4.98 Å². The third-order valence-electron chi connectivity index (χ3n) is 2.70. The number of hydrazone groups is 1. The van der Waals surface area contributed by atoms with Gasteiger partial charge < -0.3 is 0 Å². The van der Waals surface area contributed by atoms with Crippen molar-refractivity contribution in [3.8, 4) is 0 Å². The molecule has 4 nitrogen and oxygen atoms in total. The molecule has 0 unspecified atom stereocenters. The minimum absolute atomic E-state index is 0.634. The predicted octanol–water partition coefficient (Wildman–Crippen LogP) is 3.07. The van der Waals surface area contributed by atoms with Gasteiger partial charge in [0, 0.05) is 36.3 Å². The molecule has 1 heterocycles. The first-order chi connectivity index (χ1) is 9.83. The van der Waals surface area contributed by atoms with Gasteiger partial charge in [-0.2, -0.15) is 5.10 Å². The maximum atomic E-state index is 10.6. The number of aldehydes is 1. The molecular formula is C16H15N3O. The van der Waals surface area contributed by atoms with Crippen LogP contribution < -0.4 is 5.01 Å². The summed E-state index contributed by atoms with van der Waals surface area (Å²) in [7, 11) is 0. The SMILES string of the molecule is C=CN(/N=C\Cc1ccccn1)c1ccc(C=O)cc1. The van der Waals surface area contributed by atoms with Gasteiger partial charge in [-0.05, 0) is 36.4 Å². The van der Waals surface area contributed by atoms with Crippen LogP contribution in [0.3, 0.4) is 0 Å². The molecule has 1 aromatic carbocycles. The molecule has 0 bridgehead atoms. The first-order valence-electron chi connectivity index (χ1n) is 6.23. The molecule has 20 heavy (non-hydrogen) atoms. The van der Waals surface area contributed by atoms with Gasteiger partial charge in [-0.15, -0.1) is 0 Å². The molecule has 2 rings (SSSR count). The zero-order chi connectivity index (χ0) is 14.2. The summed E-state index contributed by atoms with van der Waals surface area (Å²) in [4.78, 5) is 14.8. The lowest BCUT2D eigenvalue weighted by atomic mass is 10.2. The Kier molecular flexibility index (Phi) is 4.78. The van der Waals surface area contributed by atoms with Crippen molar-refractivity contribution in [2.75, 3.05) is 5.01 Å². The third-order valence-corrected chi connectivity index (χ3v) is 2.70. The summed E-state index contributed by atoms with van der Waals surface area (Å²) in [5.41, 5.74) is 2.44. The van der Waals surface area contributed by atoms with Crippen LogP contribution in [0.1, 0.15) is 16.1 Å². The van der Waals surface area contributed by atoms with E-state index < -0.39 is 0 Å². The van der Waals surface area contributed by atoms with Crippen molar-refractivity contribution < 1.29 is 4.79 Å². The van der Waals surface area contributed by atoms with Crippen LogP contribution in [0.4, 0.5) is 5.69 Å². The number of carbonyl (C=O) groups excluding carboxylic acids is 1. The molecule has 0 saturated carbocycles. The Labute approximate surface area is 118 Å². The van der Waals surface area contributed by atoms with Gasteiger partial charge in [0.1, 0.15) is 6.29 Å². The fourth-order valence-corrected chi connectivity index (χ4v) is 1.67. The van der Waals surface area contributed by atoms with Gasteiger partial charge in [0.25, 0.3) is 0 Å². The van der Waals surface area contributed by atoms with Gasteiger partial charge in [-0.25, -0.2) is 5.01 Å². The number of hydrogen-bond donors (Lipinski definition) is 0. The molecule has 0 amide bonds. The Balaban J connectivity index is 2.04. The van der Waals surface area contributed by atoms with Crippen LogP contribution in [0.15, 0.2) is 66.5 Å². The van der Waals surface area contributed by atoms with Gasteiger partial charge >= 0.3 is 0 Å². The molecule has 0 saturated heterocycles.